The van der Waals surface area contributed by atoms with Crippen LogP contribution in [0.5, 0.6) is 11.5 Å². The summed E-state index contributed by atoms with van der Waals surface area (Å²) in [5, 5.41) is 14.2. The van der Waals surface area contributed by atoms with Crippen molar-refractivity contribution in [2.45, 2.75) is 6.54 Å². The van der Waals surface area contributed by atoms with E-state index in [1.165, 1.54) is 31.6 Å². The summed E-state index contributed by atoms with van der Waals surface area (Å²) in [6, 6.07) is 6.54. The zero-order valence-corrected chi connectivity index (χ0v) is 13.0. The highest BCUT2D eigenvalue weighted by atomic mass is 35.5. The number of nitrogens with zero attached hydrogens (tertiary/aromatic N) is 1. The fraction of sp³-hybridized carbons (Fsp3) is 0.231. The molecule has 0 bridgehead atoms. The first-order valence-electron chi connectivity index (χ1n) is 5.93. The number of rotatable bonds is 6. The number of hydrogen-bond acceptors (Lipinski definition) is 6. The van der Waals surface area contributed by atoms with E-state index in [-0.39, 0.29) is 5.69 Å². The first-order valence-corrected chi connectivity index (χ1v) is 7.13. The van der Waals surface area contributed by atoms with Crippen LogP contribution in [-0.2, 0) is 6.54 Å². The molecule has 8 heteroatoms. The van der Waals surface area contributed by atoms with Crippen LogP contribution in [0, 0.1) is 10.1 Å². The zero-order valence-electron chi connectivity index (χ0n) is 11.4. The van der Waals surface area contributed by atoms with Crippen LogP contribution >= 0.6 is 22.9 Å². The molecule has 1 aromatic carbocycles. The molecule has 2 aromatic rings. The summed E-state index contributed by atoms with van der Waals surface area (Å²) in [7, 11) is 2.91. The lowest BCUT2D eigenvalue weighted by Gasteiger charge is -2.11. The molecule has 0 atom stereocenters. The Hall–Kier alpha value is -1.99. The van der Waals surface area contributed by atoms with Crippen molar-refractivity contribution < 1.29 is 14.4 Å². The van der Waals surface area contributed by atoms with Crippen molar-refractivity contribution in [2.75, 3.05) is 19.5 Å². The SMILES string of the molecule is COc1cc(NCc2ccc(Cl)s2)c([N+](=O)[O-])cc1OC. The molecule has 1 N–H and O–H groups in total. The molecule has 0 unspecified atom stereocenters. The Labute approximate surface area is 130 Å². The molecule has 112 valence electrons. The third kappa shape index (κ3) is 3.56. The maximum atomic E-state index is 11.2. The van der Waals surface area contributed by atoms with E-state index in [0.717, 1.165) is 4.88 Å². The number of thiophene rings is 1. The van der Waals surface area contributed by atoms with Crippen LogP contribution in [0.4, 0.5) is 11.4 Å². The third-order valence-electron chi connectivity index (χ3n) is 2.78. The molecule has 0 saturated heterocycles. The number of nitro benzene ring substituents is 1. The molecular formula is C13H13ClN2O4S. The van der Waals surface area contributed by atoms with Crippen molar-refractivity contribution in [3.63, 3.8) is 0 Å². The van der Waals surface area contributed by atoms with Gasteiger partial charge < -0.3 is 14.8 Å². The molecule has 1 heterocycles. The Balaban J connectivity index is 2.29. The Morgan fingerprint density at radius 1 is 1.29 bits per heavy atom. The van der Waals surface area contributed by atoms with Gasteiger partial charge in [-0.05, 0) is 12.1 Å². The van der Waals surface area contributed by atoms with Crippen molar-refractivity contribution in [3.8, 4) is 11.5 Å². The first-order chi connectivity index (χ1) is 10.0. The van der Waals surface area contributed by atoms with E-state index in [0.29, 0.717) is 28.1 Å². The molecule has 0 radical (unpaired) electrons. The number of methoxy groups -OCH3 is 2. The van der Waals surface area contributed by atoms with E-state index < -0.39 is 4.92 Å². The second kappa shape index (κ2) is 6.64. The van der Waals surface area contributed by atoms with Gasteiger partial charge in [-0.3, -0.25) is 10.1 Å². The monoisotopic (exact) mass is 328 g/mol. The van der Waals surface area contributed by atoms with Gasteiger partial charge in [-0.25, -0.2) is 0 Å². The predicted molar refractivity (Wildman–Crippen MR) is 82.9 cm³/mol. The number of benzene rings is 1. The molecule has 0 aliphatic heterocycles. The number of nitro groups is 1. The van der Waals surface area contributed by atoms with Gasteiger partial charge in [-0.15, -0.1) is 11.3 Å². The van der Waals surface area contributed by atoms with Crippen LogP contribution in [0.15, 0.2) is 24.3 Å². The Kier molecular flexibility index (Phi) is 4.87. The maximum Gasteiger partial charge on any atom is 0.296 e. The minimum absolute atomic E-state index is 0.0738. The lowest BCUT2D eigenvalue weighted by Crippen LogP contribution is -2.03. The predicted octanol–water partition coefficient (Wildman–Crippen LogP) is 3.94. The van der Waals surface area contributed by atoms with Gasteiger partial charge in [0.2, 0.25) is 0 Å². The lowest BCUT2D eigenvalue weighted by molar-refractivity contribution is -0.384. The van der Waals surface area contributed by atoms with Gasteiger partial charge in [0.1, 0.15) is 5.69 Å². The van der Waals surface area contributed by atoms with Crippen LogP contribution in [0.25, 0.3) is 0 Å². The molecule has 0 spiro atoms. The van der Waals surface area contributed by atoms with E-state index >= 15 is 0 Å². The molecule has 0 aliphatic carbocycles. The summed E-state index contributed by atoms with van der Waals surface area (Å²) < 4.78 is 10.9. The highest BCUT2D eigenvalue weighted by Crippen LogP contribution is 2.38. The molecule has 6 nitrogen and oxygen atoms in total. The van der Waals surface area contributed by atoms with Crippen LogP contribution < -0.4 is 14.8 Å². The Bertz CT molecular complexity index is 660. The van der Waals surface area contributed by atoms with Crippen LogP contribution in [0.3, 0.4) is 0 Å². The minimum atomic E-state index is -0.467. The maximum absolute atomic E-state index is 11.2. The summed E-state index contributed by atoms with van der Waals surface area (Å²) >= 11 is 7.27. The normalized spacial score (nSPS) is 10.2. The first kappa shape index (κ1) is 15.4. The zero-order chi connectivity index (χ0) is 15.4. The summed E-state index contributed by atoms with van der Waals surface area (Å²) in [6.07, 6.45) is 0. The van der Waals surface area contributed by atoms with Crippen LogP contribution in [0.2, 0.25) is 4.34 Å². The second-order valence-corrected chi connectivity index (χ2v) is 5.84. The quantitative estimate of drug-likeness (QED) is 0.642. The van der Waals surface area contributed by atoms with Crippen LogP contribution in [-0.4, -0.2) is 19.1 Å². The number of hydrogen-bond donors (Lipinski definition) is 1. The smallest absolute Gasteiger partial charge is 0.296 e. The topological polar surface area (TPSA) is 73.6 Å². The largest absolute Gasteiger partial charge is 0.493 e. The number of ether oxygens (including phenoxy) is 2. The van der Waals surface area contributed by atoms with Crippen molar-refractivity contribution in [3.05, 3.63) is 43.6 Å². The van der Waals surface area contributed by atoms with E-state index in [1.54, 1.807) is 12.1 Å². The summed E-state index contributed by atoms with van der Waals surface area (Å²) in [6.45, 7) is 0.438. The summed E-state index contributed by atoms with van der Waals surface area (Å²) in [4.78, 5) is 11.7. The molecular weight excluding hydrogens is 316 g/mol. The lowest BCUT2D eigenvalue weighted by atomic mass is 10.2. The third-order valence-corrected chi connectivity index (χ3v) is 4.01. The fourth-order valence-electron chi connectivity index (χ4n) is 1.79. The van der Waals surface area contributed by atoms with E-state index in [1.807, 2.05) is 6.07 Å². The van der Waals surface area contributed by atoms with Gasteiger partial charge >= 0.3 is 0 Å². The Morgan fingerprint density at radius 2 is 1.95 bits per heavy atom. The summed E-state index contributed by atoms with van der Waals surface area (Å²) in [5.74, 6) is 0.740. The standard InChI is InChI=1S/C13H13ClN2O4S/c1-19-11-5-9(10(16(17)18)6-12(11)20-2)15-7-8-3-4-13(14)21-8/h3-6,15H,7H2,1-2H3. The highest BCUT2D eigenvalue weighted by molar-refractivity contribution is 7.16. The van der Waals surface area contributed by atoms with E-state index in [9.17, 15) is 10.1 Å². The average Bonchev–Trinajstić information content (AvgIpc) is 2.89. The summed E-state index contributed by atoms with van der Waals surface area (Å²) in [5.41, 5.74) is 0.289. The van der Waals surface area contributed by atoms with Gasteiger partial charge in [0.15, 0.2) is 11.5 Å². The van der Waals surface area contributed by atoms with Gasteiger partial charge in [0, 0.05) is 17.5 Å². The fourth-order valence-corrected chi connectivity index (χ4v) is 2.82. The molecule has 1 aromatic heterocycles. The Morgan fingerprint density at radius 3 is 2.48 bits per heavy atom. The molecule has 0 amide bonds. The molecule has 0 fully saturated rings. The van der Waals surface area contributed by atoms with Gasteiger partial charge in [0.05, 0.1) is 29.5 Å². The van der Waals surface area contributed by atoms with Crippen molar-refractivity contribution in [1.29, 1.82) is 0 Å². The van der Waals surface area contributed by atoms with Gasteiger partial charge in [0.25, 0.3) is 5.69 Å². The number of anilines is 1. The van der Waals surface area contributed by atoms with Gasteiger partial charge in [-0.1, -0.05) is 11.6 Å². The second-order valence-electron chi connectivity index (χ2n) is 4.04. The van der Waals surface area contributed by atoms with Crippen molar-refractivity contribution in [1.82, 2.24) is 0 Å². The van der Waals surface area contributed by atoms with Crippen molar-refractivity contribution >= 4 is 34.3 Å². The molecule has 0 saturated carbocycles. The van der Waals surface area contributed by atoms with Crippen LogP contribution in [0.1, 0.15) is 4.88 Å². The number of nitrogens with one attached hydrogen (secondary N) is 1. The van der Waals surface area contributed by atoms with E-state index in [4.69, 9.17) is 21.1 Å². The highest BCUT2D eigenvalue weighted by Gasteiger charge is 2.19. The average molecular weight is 329 g/mol. The molecule has 21 heavy (non-hydrogen) atoms. The molecule has 0 aliphatic rings. The molecule has 2 rings (SSSR count). The minimum Gasteiger partial charge on any atom is -0.493 e. The van der Waals surface area contributed by atoms with Crippen molar-refractivity contribution in [2.24, 2.45) is 0 Å². The van der Waals surface area contributed by atoms with E-state index in [2.05, 4.69) is 5.32 Å². The number of halogens is 1. The van der Waals surface area contributed by atoms with Gasteiger partial charge in [-0.2, -0.15) is 0 Å².